The molecular weight excluding hydrogens is 244 g/mol. The molecule has 0 aliphatic heterocycles. The minimum absolute atomic E-state index is 0.0613. The van der Waals surface area contributed by atoms with E-state index >= 15 is 0 Å². The highest BCUT2D eigenvalue weighted by atomic mass is 16.4. The van der Waals surface area contributed by atoms with Crippen molar-refractivity contribution < 1.29 is 14.7 Å². The summed E-state index contributed by atoms with van der Waals surface area (Å²) in [4.78, 5) is 25.5. The molecule has 2 N–H and O–H groups in total. The highest BCUT2D eigenvalue weighted by Gasteiger charge is 2.52. The van der Waals surface area contributed by atoms with Gasteiger partial charge in [0.15, 0.2) is 0 Å². The quantitative estimate of drug-likeness (QED) is 0.813. The lowest BCUT2D eigenvalue weighted by atomic mass is 9.84. The van der Waals surface area contributed by atoms with Gasteiger partial charge < -0.3 is 15.3 Å². The number of aliphatic carboxylic acids is 1. The second-order valence-electron chi connectivity index (χ2n) is 6.19. The van der Waals surface area contributed by atoms with Crippen LogP contribution in [0.25, 0.3) is 0 Å². The molecule has 0 saturated heterocycles. The first-order valence-corrected chi connectivity index (χ1v) is 7.41. The number of hydrogen-bond acceptors (Lipinski definition) is 2. The number of carbonyl (C=O) groups is 2. The fraction of sp³-hybridized carbons (Fsp3) is 0.857. The Bertz CT molecular complexity index is 394. The Morgan fingerprint density at radius 3 is 2.47 bits per heavy atom. The minimum atomic E-state index is -0.744. The lowest BCUT2D eigenvalue weighted by Crippen LogP contribution is -2.51. The zero-order valence-electron chi connectivity index (χ0n) is 11.3. The van der Waals surface area contributed by atoms with Crippen molar-refractivity contribution in [2.75, 3.05) is 6.54 Å². The molecular formula is C14H22N2O3. The van der Waals surface area contributed by atoms with Gasteiger partial charge in [0.1, 0.15) is 0 Å². The average molecular weight is 266 g/mol. The summed E-state index contributed by atoms with van der Waals surface area (Å²) in [6.07, 6.45) is 5.21. The molecule has 19 heavy (non-hydrogen) atoms. The number of nitrogens with zero attached hydrogens (tertiary/aromatic N) is 1. The minimum Gasteiger partial charge on any atom is -0.481 e. The molecule has 2 bridgehead atoms. The monoisotopic (exact) mass is 266 g/mol. The molecule has 4 atom stereocenters. The first kappa shape index (κ1) is 12.8. The Kier molecular flexibility index (Phi) is 3.15. The van der Waals surface area contributed by atoms with Crippen LogP contribution < -0.4 is 5.32 Å². The van der Waals surface area contributed by atoms with Gasteiger partial charge in [-0.05, 0) is 50.9 Å². The first-order valence-electron chi connectivity index (χ1n) is 7.41. The summed E-state index contributed by atoms with van der Waals surface area (Å²) in [6, 6.07) is 0.164. The van der Waals surface area contributed by atoms with Crippen LogP contribution in [0.3, 0.4) is 0 Å². The average Bonchev–Trinajstić information content (AvgIpc) is 2.99. The van der Waals surface area contributed by atoms with Gasteiger partial charge in [0.05, 0.1) is 5.92 Å². The van der Waals surface area contributed by atoms with Crippen molar-refractivity contribution >= 4 is 12.0 Å². The van der Waals surface area contributed by atoms with Crippen molar-refractivity contribution in [1.29, 1.82) is 0 Å². The molecule has 5 heteroatoms. The zero-order valence-corrected chi connectivity index (χ0v) is 11.3. The van der Waals surface area contributed by atoms with E-state index in [4.69, 9.17) is 0 Å². The molecule has 0 radical (unpaired) electrons. The molecule has 0 aromatic carbocycles. The molecule has 3 rings (SSSR count). The van der Waals surface area contributed by atoms with E-state index in [2.05, 4.69) is 5.32 Å². The Morgan fingerprint density at radius 1 is 1.21 bits per heavy atom. The van der Waals surface area contributed by atoms with Crippen LogP contribution in [0, 0.1) is 17.8 Å². The Hall–Kier alpha value is -1.26. The van der Waals surface area contributed by atoms with Gasteiger partial charge in [0, 0.05) is 18.6 Å². The topological polar surface area (TPSA) is 69.6 Å². The maximum absolute atomic E-state index is 12.3. The molecule has 0 aromatic heterocycles. The van der Waals surface area contributed by atoms with Crippen LogP contribution in [0.15, 0.2) is 0 Å². The van der Waals surface area contributed by atoms with Crippen molar-refractivity contribution in [3.8, 4) is 0 Å². The molecule has 0 heterocycles. The molecule has 2 amide bonds. The number of nitrogens with one attached hydrogen (secondary N) is 1. The molecule has 106 valence electrons. The zero-order chi connectivity index (χ0) is 13.6. The van der Waals surface area contributed by atoms with E-state index in [1.54, 1.807) is 0 Å². The van der Waals surface area contributed by atoms with Crippen molar-refractivity contribution in [3.05, 3.63) is 0 Å². The normalized spacial score (nSPS) is 36.3. The largest absolute Gasteiger partial charge is 0.481 e. The van der Waals surface area contributed by atoms with E-state index in [1.807, 2.05) is 11.8 Å². The first-order chi connectivity index (χ1) is 9.11. The number of hydrogen-bond donors (Lipinski definition) is 2. The summed E-state index contributed by atoms with van der Waals surface area (Å²) in [5.74, 6) is -0.482. The smallest absolute Gasteiger partial charge is 0.317 e. The van der Waals surface area contributed by atoms with Gasteiger partial charge in [-0.1, -0.05) is 0 Å². The summed E-state index contributed by atoms with van der Waals surface area (Å²) in [7, 11) is 0. The molecule has 3 saturated carbocycles. The van der Waals surface area contributed by atoms with E-state index in [9.17, 15) is 14.7 Å². The van der Waals surface area contributed by atoms with Gasteiger partial charge in [0.25, 0.3) is 0 Å². The molecule has 0 spiro atoms. The van der Waals surface area contributed by atoms with Crippen LogP contribution in [-0.4, -0.2) is 40.6 Å². The highest BCUT2D eigenvalue weighted by Crippen LogP contribution is 2.48. The fourth-order valence-electron chi connectivity index (χ4n) is 4.03. The van der Waals surface area contributed by atoms with E-state index in [-0.39, 0.29) is 23.9 Å². The van der Waals surface area contributed by atoms with Crippen molar-refractivity contribution in [2.24, 2.45) is 17.8 Å². The molecule has 3 aliphatic rings. The third kappa shape index (κ3) is 2.19. The Balaban J connectivity index is 1.67. The van der Waals surface area contributed by atoms with E-state index in [0.29, 0.717) is 18.5 Å². The number of carboxylic acid groups (broad SMARTS) is 1. The summed E-state index contributed by atoms with van der Waals surface area (Å²) in [6.45, 7) is 2.68. The highest BCUT2D eigenvalue weighted by molar-refractivity contribution is 5.78. The predicted octanol–water partition coefficient (Wildman–Crippen LogP) is 1.68. The number of fused-ring (bicyclic) bond motifs is 2. The molecule has 3 aliphatic carbocycles. The van der Waals surface area contributed by atoms with Crippen LogP contribution in [-0.2, 0) is 4.79 Å². The molecule has 5 nitrogen and oxygen atoms in total. The van der Waals surface area contributed by atoms with Crippen LogP contribution in [0.2, 0.25) is 0 Å². The maximum atomic E-state index is 12.3. The summed E-state index contributed by atoms with van der Waals surface area (Å²) < 4.78 is 0. The lowest BCUT2D eigenvalue weighted by Gasteiger charge is -2.31. The van der Waals surface area contributed by atoms with Gasteiger partial charge >= 0.3 is 12.0 Å². The summed E-state index contributed by atoms with van der Waals surface area (Å²) in [5.41, 5.74) is 0. The Labute approximate surface area is 113 Å². The SMILES string of the molecule is CCN(C(=O)NC1C2CCC(C2)C1C(=O)O)C1CC1. The lowest BCUT2D eigenvalue weighted by molar-refractivity contribution is -0.144. The molecule has 4 unspecified atom stereocenters. The van der Waals surface area contributed by atoms with Crippen LogP contribution in [0.5, 0.6) is 0 Å². The summed E-state index contributed by atoms with van der Waals surface area (Å²) >= 11 is 0. The van der Waals surface area contributed by atoms with Gasteiger partial charge in [-0.3, -0.25) is 4.79 Å². The van der Waals surface area contributed by atoms with Crippen LogP contribution in [0.4, 0.5) is 4.79 Å². The number of rotatable bonds is 4. The third-order valence-corrected chi connectivity index (χ3v) is 5.08. The van der Waals surface area contributed by atoms with Gasteiger partial charge in [0.2, 0.25) is 0 Å². The Morgan fingerprint density at radius 2 is 1.89 bits per heavy atom. The van der Waals surface area contributed by atoms with Crippen molar-refractivity contribution in [3.63, 3.8) is 0 Å². The van der Waals surface area contributed by atoms with Crippen molar-refractivity contribution in [2.45, 2.75) is 51.1 Å². The van der Waals surface area contributed by atoms with Crippen LogP contribution >= 0.6 is 0 Å². The third-order valence-electron chi connectivity index (χ3n) is 5.08. The van der Waals surface area contributed by atoms with Gasteiger partial charge in [-0.15, -0.1) is 0 Å². The van der Waals surface area contributed by atoms with E-state index in [0.717, 1.165) is 32.1 Å². The predicted molar refractivity (Wildman–Crippen MR) is 69.7 cm³/mol. The van der Waals surface area contributed by atoms with E-state index < -0.39 is 5.97 Å². The number of carboxylic acids is 1. The number of carbonyl (C=O) groups excluding carboxylic acids is 1. The number of amides is 2. The fourth-order valence-corrected chi connectivity index (χ4v) is 4.03. The standard InChI is InChI=1S/C14H22N2O3/c1-2-16(10-5-6-10)14(19)15-12-9-4-3-8(7-9)11(12)13(17)18/h8-12H,2-7H2,1H3,(H,15,19)(H,17,18). The molecule has 0 aromatic rings. The second-order valence-corrected chi connectivity index (χ2v) is 6.19. The number of urea groups is 1. The van der Waals surface area contributed by atoms with Gasteiger partial charge in [-0.2, -0.15) is 0 Å². The maximum Gasteiger partial charge on any atom is 0.317 e. The molecule has 3 fully saturated rings. The second kappa shape index (κ2) is 4.69. The van der Waals surface area contributed by atoms with Crippen molar-refractivity contribution in [1.82, 2.24) is 10.2 Å². The summed E-state index contributed by atoms with van der Waals surface area (Å²) in [5, 5.41) is 12.4. The van der Waals surface area contributed by atoms with Crippen LogP contribution in [0.1, 0.15) is 39.0 Å². The van der Waals surface area contributed by atoms with E-state index in [1.165, 1.54) is 0 Å². The van der Waals surface area contributed by atoms with Gasteiger partial charge in [-0.25, -0.2) is 4.79 Å².